The van der Waals surface area contributed by atoms with E-state index in [1.165, 1.54) is 18.2 Å². The number of amides is 1. The number of hydrogen-bond donors (Lipinski definition) is 0. The van der Waals surface area contributed by atoms with E-state index in [1.54, 1.807) is 16.7 Å². The molecule has 0 bridgehead atoms. The summed E-state index contributed by atoms with van der Waals surface area (Å²) < 4.78 is 1.60. The lowest BCUT2D eigenvalue weighted by Gasteiger charge is -2.35. The number of fused-ring (bicyclic) bond motifs is 1. The quantitative estimate of drug-likeness (QED) is 0.443. The van der Waals surface area contributed by atoms with Gasteiger partial charge in [-0.15, -0.1) is 6.58 Å². The molecule has 26 heavy (non-hydrogen) atoms. The third kappa shape index (κ3) is 3.85. The van der Waals surface area contributed by atoms with Crippen LogP contribution in [0.2, 0.25) is 0 Å². The monoisotopic (exact) mass is 371 g/mol. The zero-order chi connectivity index (χ0) is 18.5. The number of rotatable bonds is 6. The van der Waals surface area contributed by atoms with E-state index in [2.05, 4.69) is 18.5 Å². The summed E-state index contributed by atoms with van der Waals surface area (Å²) in [7, 11) is 0. The molecule has 2 heterocycles. The fraction of sp³-hybridized carbons (Fsp3) is 0.450. The van der Waals surface area contributed by atoms with Gasteiger partial charge in [0.1, 0.15) is 0 Å². The van der Waals surface area contributed by atoms with Crippen LogP contribution in [0.25, 0.3) is 10.9 Å². The van der Waals surface area contributed by atoms with Gasteiger partial charge in [0.25, 0.3) is 5.56 Å². The summed E-state index contributed by atoms with van der Waals surface area (Å²) in [4.78, 5) is 32.1. The first-order valence-corrected chi connectivity index (χ1v) is 10.2. The molecule has 5 nitrogen and oxygen atoms in total. The third-order valence-corrected chi connectivity index (χ3v) is 5.84. The Balaban J connectivity index is 1.83. The summed E-state index contributed by atoms with van der Waals surface area (Å²) in [5.74, 6) is 0.437. The molecule has 0 spiro atoms. The number of piperidine rings is 1. The predicted molar refractivity (Wildman–Crippen MR) is 107 cm³/mol. The van der Waals surface area contributed by atoms with E-state index >= 15 is 0 Å². The largest absolute Gasteiger partial charge is 0.339 e. The van der Waals surface area contributed by atoms with E-state index in [0.717, 1.165) is 25.8 Å². The molecule has 138 valence electrons. The molecule has 6 heteroatoms. The van der Waals surface area contributed by atoms with Crippen molar-refractivity contribution in [2.24, 2.45) is 0 Å². The Morgan fingerprint density at radius 3 is 2.96 bits per heavy atom. The normalized spacial score (nSPS) is 17.4. The van der Waals surface area contributed by atoms with Crippen molar-refractivity contribution in [3.63, 3.8) is 0 Å². The van der Waals surface area contributed by atoms with E-state index < -0.39 is 0 Å². The molecule has 0 saturated carbocycles. The molecule has 0 aliphatic carbocycles. The van der Waals surface area contributed by atoms with Crippen LogP contribution >= 0.6 is 11.8 Å². The predicted octanol–water partition coefficient (Wildman–Crippen LogP) is 3.47. The van der Waals surface area contributed by atoms with Crippen LogP contribution in [0, 0.1) is 0 Å². The van der Waals surface area contributed by atoms with Crippen molar-refractivity contribution < 1.29 is 4.79 Å². The minimum absolute atomic E-state index is 0.0881. The average Bonchev–Trinajstić information content (AvgIpc) is 2.68. The summed E-state index contributed by atoms with van der Waals surface area (Å²) >= 11 is 1.34. The minimum atomic E-state index is -0.0881. The maximum absolute atomic E-state index is 12.8. The highest BCUT2D eigenvalue weighted by molar-refractivity contribution is 7.99. The number of carbonyl (C=O) groups excluding carboxylic acids is 1. The van der Waals surface area contributed by atoms with Gasteiger partial charge in [-0.2, -0.15) is 0 Å². The molecule has 1 aromatic heterocycles. The highest BCUT2D eigenvalue weighted by Gasteiger charge is 2.25. The number of carbonyl (C=O) groups is 1. The number of thioether (sulfide) groups is 1. The molecular weight excluding hydrogens is 346 g/mol. The molecule has 1 aliphatic heterocycles. The van der Waals surface area contributed by atoms with Crippen molar-refractivity contribution in [2.45, 2.75) is 50.4 Å². The van der Waals surface area contributed by atoms with E-state index in [-0.39, 0.29) is 11.5 Å². The highest BCUT2D eigenvalue weighted by atomic mass is 32.2. The van der Waals surface area contributed by atoms with Crippen LogP contribution in [0.1, 0.15) is 32.6 Å². The Morgan fingerprint density at radius 1 is 1.38 bits per heavy atom. The summed E-state index contributed by atoms with van der Waals surface area (Å²) in [6.45, 7) is 7.09. The first-order valence-electron chi connectivity index (χ1n) is 9.18. The lowest BCUT2D eigenvalue weighted by Crippen LogP contribution is -2.44. The zero-order valence-corrected chi connectivity index (χ0v) is 16.0. The maximum atomic E-state index is 12.8. The van der Waals surface area contributed by atoms with Gasteiger partial charge in [0.05, 0.1) is 16.7 Å². The van der Waals surface area contributed by atoms with Crippen LogP contribution in [0.4, 0.5) is 0 Å². The van der Waals surface area contributed by atoms with E-state index in [4.69, 9.17) is 0 Å². The van der Waals surface area contributed by atoms with E-state index in [0.29, 0.717) is 34.4 Å². The highest BCUT2D eigenvalue weighted by Crippen LogP contribution is 2.23. The van der Waals surface area contributed by atoms with E-state index in [1.807, 2.05) is 23.1 Å². The molecular formula is C20H25N3O2S. The van der Waals surface area contributed by atoms with Gasteiger partial charge < -0.3 is 4.90 Å². The van der Waals surface area contributed by atoms with Gasteiger partial charge >= 0.3 is 0 Å². The zero-order valence-electron chi connectivity index (χ0n) is 15.2. The number of benzene rings is 1. The number of allylic oxidation sites excluding steroid dienone is 1. The number of nitrogens with zero attached hydrogens (tertiary/aromatic N) is 3. The SMILES string of the molecule is C=CCn1c(SCC(=O)N2CCCCC2CC)nc2ccccc2c1=O. The molecule has 2 aromatic rings. The smallest absolute Gasteiger partial charge is 0.262 e. The van der Waals surface area contributed by atoms with Crippen LogP contribution in [0.15, 0.2) is 46.9 Å². The van der Waals surface area contributed by atoms with Crippen molar-refractivity contribution in [3.05, 3.63) is 47.3 Å². The van der Waals surface area contributed by atoms with Gasteiger partial charge in [-0.3, -0.25) is 14.2 Å². The van der Waals surface area contributed by atoms with Crippen molar-refractivity contribution in [1.82, 2.24) is 14.5 Å². The molecule has 1 aliphatic rings. The van der Waals surface area contributed by atoms with Crippen LogP contribution < -0.4 is 5.56 Å². The van der Waals surface area contributed by atoms with Crippen LogP contribution in [0.5, 0.6) is 0 Å². The molecule has 1 aromatic carbocycles. The standard InChI is InChI=1S/C20H25N3O2S/c1-3-12-23-19(25)16-10-5-6-11-17(16)21-20(23)26-14-18(24)22-13-8-7-9-15(22)4-2/h3,5-6,10-11,15H,1,4,7-9,12-14H2,2H3. The molecule has 1 amide bonds. The molecule has 0 radical (unpaired) electrons. The second-order valence-corrected chi connectivity index (χ2v) is 7.49. The fourth-order valence-electron chi connectivity index (χ4n) is 3.51. The number of para-hydroxylation sites is 1. The van der Waals surface area contributed by atoms with Crippen LogP contribution in [0.3, 0.4) is 0 Å². The first-order chi connectivity index (χ1) is 12.7. The van der Waals surface area contributed by atoms with Gasteiger partial charge in [-0.1, -0.05) is 36.9 Å². The van der Waals surface area contributed by atoms with Gasteiger partial charge in [0.2, 0.25) is 5.91 Å². The van der Waals surface area contributed by atoms with Gasteiger partial charge in [0.15, 0.2) is 5.16 Å². The lowest BCUT2D eigenvalue weighted by atomic mass is 10.0. The third-order valence-electron chi connectivity index (χ3n) is 4.88. The summed E-state index contributed by atoms with van der Waals surface area (Å²) in [6.07, 6.45) is 6.03. The number of likely N-dealkylation sites (tertiary alicyclic amines) is 1. The molecule has 3 rings (SSSR count). The molecule has 1 saturated heterocycles. The molecule has 1 fully saturated rings. The maximum Gasteiger partial charge on any atom is 0.262 e. The summed E-state index contributed by atoms with van der Waals surface area (Å²) in [6, 6.07) is 7.66. The van der Waals surface area contributed by atoms with Gasteiger partial charge in [0, 0.05) is 19.1 Å². The fourth-order valence-corrected chi connectivity index (χ4v) is 4.41. The summed E-state index contributed by atoms with van der Waals surface area (Å²) in [5.41, 5.74) is 0.576. The second kappa shape index (κ2) is 8.54. The topological polar surface area (TPSA) is 55.2 Å². The first kappa shape index (κ1) is 18.7. The van der Waals surface area contributed by atoms with Crippen molar-refractivity contribution in [3.8, 4) is 0 Å². The Hall–Kier alpha value is -2.08. The van der Waals surface area contributed by atoms with Gasteiger partial charge in [-0.25, -0.2) is 4.98 Å². The molecule has 1 unspecified atom stereocenters. The summed E-state index contributed by atoms with van der Waals surface area (Å²) in [5, 5.41) is 1.17. The Kier molecular flexibility index (Phi) is 6.14. The van der Waals surface area contributed by atoms with Crippen molar-refractivity contribution in [1.29, 1.82) is 0 Å². The lowest BCUT2D eigenvalue weighted by molar-refractivity contribution is -0.132. The average molecular weight is 372 g/mol. The number of aromatic nitrogens is 2. The minimum Gasteiger partial charge on any atom is -0.339 e. The molecule has 1 atom stereocenters. The Morgan fingerprint density at radius 2 is 2.19 bits per heavy atom. The van der Waals surface area contributed by atoms with Crippen LogP contribution in [-0.2, 0) is 11.3 Å². The molecule has 0 N–H and O–H groups in total. The Labute approximate surface area is 158 Å². The van der Waals surface area contributed by atoms with Crippen molar-refractivity contribution >= 4 is 28.6 Å². The van der Waals surface area contributed by atoms with E-state index in [9.17, 15) is 9.59 Å². The van der Waals surface area contributed by atoms with Crippen molar-refractivity contribution in [2.75, 3.05) is 12.3 Å². The number of hydrogen-bond acceptors (Lipinski definition) is 4. The Bertz CT molecular complexity index is 862. The van der Waals surface area contributed by atoms with Crippen LogP contribution in [-0.4, -0.2) is 38.7 Å². The van der Waals surface area contributed by atoms with Gasteiger partial charge in [-0.05, 0) is 37.8 Å². The second-order valence-electron chi connectivity index (χ2n) is 6.55.